The predicted molar refractivity (Wildman–Crippen MR) is 125 cm³/mol. The first-order valence-electron chi connectivity index (χ1n) is 11.5. The lowest BCUT2D eigenvalue weighted by Gasteiger charge is -2.34. The number of aromatic nitrogens is 4. The van der Waals surface area contributed by atoms with Gasteiger partial charge in [0.05, 0.1) is 25.6 Å². The van der Waals surface area contributed by atoms with Crippen LogP contribution in [0.1, 0.15) is 43.1 Å². The molecule has 180 valence electrons. The van der Waals surface area contributed by atoms with Crippen LogP contribution in [0.15, 0.2) is 24.7 Å². The number of alkyl halides is 1. The summed E-state index contributed by atoms with van der Waals surface area (Å²) in [4.78, 5) is 21.3. The molecule has 1 N–H and O–H groups in total. The summed E-state index contributed by atoms with van der Waals surface area (Å²) < 4.78 is 35.6. The Bertz CT molecular complexity index is 1200. The SMILES string of the molecule is COc1cncnc1C1CCN(c2nc(C3(F)CC3)nc3c(F)cc(N(C)CCO)cc23)CC1. The van der Waals surface area contributed by atoms with Crippen LogP contribution in [-0.2, 0) is 5.67 Å². The van der Waals surface area contributed by atoms with Crippen LogP contribution in [0.5, 0.6) is 5.75 Å². The number of methoxy groups -OCH3 is 1. The first kappa shape index (κ1) is 22.6. The van der Waals surface area contributed by atoms with Crippen molar-refractivity contribution in [1.82, 2.24) is 19.9 Å². The third-order valence-electron chi connectivity index (χ3n) is 6.79. The minimum Gasteiger partial charge on any atom is -0.493 e. The first-order valence-corrected chi connectivity index (χ1v) is 11.5. The van der Waals surface area contributed by atoms with Crippen molar-refractivity contribution < 1.29 is 18.6 Å². The number of anilines is 2. The molecular formula is C24H28F2N6O2. The van der Waals surface area contributed by atoms with Gasteiger partial charge >= 0.3 is 0 Å². The average Bonchev–Trinajstić information content (AvgIpc) is 3.62. The molecule has 8 nitrogen and oxygen atoms in total. The maximum atomic E-state index is 15.2. The van der Waals surface area contributed by atoms with Gasteiger partial charge in [-0.25, -0.2) is 28.7 Å². The Morgan fingerprint density at radius 1 is 1.24 bits per heavy atom. The number of halogens is 2. The van der Waals surface area contributed by atoms with Crippen molar-refractivity contribution in [3.63, 3.8) is 0 Å². The zero-order chi connectivity index (χ0) is 23.9. The minimum absolute atomic E-state index is 0.0527. The molecule has 10 heteroatoms. The maximum absolute atomic E-state index is 15.2. The number of aliphatic hydroxyl groups is 1. The van der Waals surface area contributed by atoms with Crippen LogP contribution >= 0.6 is 0 Å². The van der Waals surface area contributed by atoms with E-state index < -0.39 is 11.5 Å². The van der Waals surface area contributed by atoms with Gasteiger partial charge in [0.2, 0.25) is 0 Å². The highest BCUT2D eigenvalue weighted by Crippen LogP contribution is 2.49. The number of aliphatic hydroxyl groups excluding tert-OH is 1. The summed E-state index contributed by atoms with van der Waals surface area (Å²) in [6.45, 7) is 1.61. The summed E-state index contributed by atoms with van der Waals surface area (Å²) in [6, 6.07) is 3.20. The van der Waals surface area contributed by atoms with E-state index in [2.05, 4.69) is 24.8 Å². The Labute approximate surface area is 196 Å². The second-order valence-corrected chi connectivity index (χ2v) is 9.04. The van der Waals surface area contributed by atoms with Crippen molar-refractivity contribution in [2.75, 3.05) is 50.2 Å². The molecule has 2 aromatic heterocycles. The van der Waals surface area contributed by atoms with Gasteiger partial charge in [-0.1, -0.05) is 0 Å². The molecule has 3 aromatic rings. The molecule has 34 heavy (non-hydrogen) atoms. The normalized spacial score (nSPS) is 17.7. The van der Waals surface area contributed by atoms with Crippen molar-refractivity contribution in [2.24, 2.45) is 0 Å². The monoisotopic (exact) mass is 470 g/mol. The van der Waals surface area contributed by atoms with E-state index in [0.717, 1.165) is 18.5 Å². The van der Waals surface area contributed by atoms with Gasteiger partial charge in [-0.2, -0.15) is 0 Å². The maximum Gasteiger partial charge on any atom is 0.170 e. The van der Waals surface area contributed by atoms with E-state index in [1.807, 2.05) is 6.07 Å². The second-order valence-electron chi connectivity index (χ2n) is 9.04. The number of fused-ring (bicyclic) bond motifs is 1. The molecule has 2 fully saturated rings. The number of rotatable bonds is 7. The van der Waals surface area contributed by atoms with Crippen molar-refractivity contribution in [2.45, 2.75) is 37.3 Å². The van der Waals surface area contributed by atoms with Crippen LogP contribution in [0.2, 0.25) is 0 Å². The topological polar surface area (TPSA) is 87.5 Å². The third-order valence-corrected chi connectivity index (χ3v) is 6.79. The van der Waals surface area contributed by atoms with E-state index in [4.69, 9.17) is 4.74 Å². The number of nitrogens with zero attached hydrogens (tertiary/aromatic N) is 6. The van der Waals surface area contributed by atoms with E-state index in [1.165, 1.54) is 12.4 Å². The van der Waals surface area contributed by atoms with Crippen LogP contribution in [0.25, 0.3) is 10.9 Å². The summed E-state index contributed by atoms with van der Waals surface area (Å²) in [7, 11) is 3.39. The molecule has 0 radical (unpaired) electrons. The van der Waals surface area contributed by atoms with E-state index >= 15 is 4.39 Å². The molecule has 0 atom stereocenters. The Kier molecular flexibility index (Phi) is 5.93. The number of piperidine rings is 1. The summed E-state index contributed by atoms with van der Waals surface area (Å²) in [6.07, 6.45) is 5.49. The fourth-order valence-electron chi connectivity index (χ4n) is 4.59. The first-order chi connectivity index (χ1) is 16.4. The Hall–Kier alpha value is -3.14. The molecule has 1 saturated carbocycles. The van der Waals surface area contributed by atoms with Crippen LogP contribution in [0.4, 0.5) is 20.3 Å². The predicted octanol–water partition coefficient (Wildman–Crippen LogP) is 3.34. The molecule has 1 saturated heterocycles. The van der Waals surface area contributed by atoms with Gasteiger partial charge in [0.1, 0.15) is 17.7 Å². The number of ether oxygens (including phenoxy) is 1. The highest BCUT2D eigenvalue weighted by molar-refractivity contribution is 5.93. The van der Waals surface area contributed by atoms with Gasteiger partial charge in [0, 0.05) is 43.7 Å². The number of likely N-dealkylation sites (N-methyl/N-ethyl adjacent to an activating group) is 1. The highest BCUT2D eigenvalue weighted by Gasteiger charge is 2.48. The number of benzene rings is 1. The van der Waals surface area contributed by atoms with Crippen molar-refractivity contribution in [3.05, 3.63) is 42.0 Å². The molecule has 3 heterocycles. The zero-order valence-electron chi connectivity index (χ0n) is 19.3. The Morgan fingerprint density at radius 3 is 2.68 bits per heavy atom. The van der Waals surface area contributed by atoms with E-state index in [-0.39, 0.29) is 23.9 Å². The van der Waals surface area contributed by atoms with E-state index in [9.17, 15) is 9.50 Å². The number of hydrogen-bond donors (Lipinski definition) is 1. The summed E-state index contributed by atoms with van der Waals surface area (Å²) in [5.74, 6) is 0.954. The van der Waals surface area contributed by atoms with Crippen molar-refractivity contribution in [1.29, 1.82) is 0 Å². The van der Waals surface area contributed by atoms with E-state index in [1.54, 1.807) is 25.3 Å². The molecule has 0 unspecified atom stereocenters. The Morgan fingerprint density at radius 2 is 2.00 bits per heavy atom. The van der Waals surface area contributed by atoms with E-state index in [0.29, 0.717) is 55.1 Å². The fraction of sp³-hybridized carbons (Fsp3) is 0.500. The van der Waals surface area contributed by atoms with Gasteiger partial charge < -0.3 is 19.6 Å². The second kappa shape index (κ2) is 8.90. The molecule has 1 aliphatic carbocycles. The standard InChI is InChI=1S/C24H28F2N6O2/c1-31(9-10-33)16-11-17-21(18(25)12-16)29-23(24(26)5-6-24)30-22(17)32-7-3-15(4-8-32)20-19(34-2)13-27-14-28-20/h11-15,33H,3-10H2,1-2H3. The van der Waals surface area contributed by atoms with Gasteiger partial charge in [-0.05, 0) is 37.8 Å². The third kappa shape index (κ3) is 4.11. The lowest BCUT2D eigenvalue weighted by Crippen LogP contribution is -2.34. The molecular weight excluding hydrogens is 442 g/mol. The van der Waals surface area contributed by atoms with Crippen LogP contribution in [0, 0.1) is 5.82 Å². The average molecular weight is 471 g/mol. The smallest absolute Gasteiger partial charge is 0.170 e. The molecule has 0 spiro atoms. The fourth-order valence-corrected chi connectivity index (χ4v) is 4.59. The molecule has 1 aromatic carbocycles. The summed E-state index contributed by atoms with van der Waals surface area (Å²) in [5.41, 5.74) is 0.0438. The molecule has 0 amide bonds. The van der Waals surface area contributed by atoms with Gasteiger partial charge in [0.25, 0.3) is 0 Å². The van der Waals surface area contributed by atoms with Crippen molar-refractivity contribution >= 4 is 22.4 Å². The molecule has 5 rings (SSSR count). The lowest BCUT2D eigenvalue weighted by molar-refractivity contribution is 0.301. The Balaban J connectivity index is 1.51. The quantitative estimate of drug-likeness (QED) is 0.563. The van der Waals surface area contributed by atoms with Crippen LogP contribution < -0.4 is 14.5 Å². The molecule has 1 aliphatic heterocycles. The minimum atomic E-state index is -1.58. The lowest BCUT2D eigenvalue weighted by atomic mass is 9.92. The molecule has 0 bridgehead atoms. The summed E-state index contributed by atoms with van der Waals surface area (Å²) >= 11 is 0. The molecule has 2 aliphatic rings. The van der Waals surface area contributed by atoms with Gasteiger partial charge in [0.15, 0.2) is 23.1 Å². The van der Waals surface area contributed by atoms with Gasteiger partial charge in [-0.3, -0.25) is 0 Å². The zero-order valence-corrected chi connectivity index (χ0v) is 19.3. The van der Waals surface area contributed by atoms with Crippen LogP contribution in [0.3, 0.4) is 0 Å². The van der Waals surface area contributed by atoms with Crippen LogP contribution in [-0.4, -0.2) is 65.4 Å². The van der Waals surface area contributed by atoms with Crippen molar-refractivity contribution in [3.8, 4) is 5.75 Å². The van der Waals surface area contributed by atoms with Gasteiger partial charge in [-0.15, -0.1) is 0 Å². The number of hydrogen-bond acceptors (Lipinski definition) is 8. The summed E-state index contributed by atoms with van der Waals surface area (Å²) in [5, 5.41) is 9.85. The largest absolute Gasteiger partial charge is 0.493 e. The highest BCUT2D eigenvalue weighted by atomic mass is 19.1.